The maximum absolute atomic E-state index is 12.3. The Hall–Kier alpha value is -1.34. The van der Waals surface area contributed by atoms with E-state index in [9.17, 15) is 9.59 Å². The Morgan fingerprint density at radius 2 is 1.70 bits per heavy atom. The van der Waals surface area contributed by atoms with E-state index in [2.05, 4.69) is 17.3 Å². The molecule has 1 N–H and O–H groups in total. The van der Waals surface area contributed by atoms with Gasteiger partial charge in [-0.1, -0.05) is 0 Å². The number of hydrogen-bond acceptors (Lipinski definition) is 5. The van der Waals surface area contributed by atoms with E-state index < -0.39 is 5.60 Å². The third-order valence-corrected chi connectivity index (χ3v) is 4.22. The zero-order valence-electron chi connectivity index (χ0n) is 14.8. The number of rotatable bonds is 3. The summed E-state index contributed by atoms with van der Waals surface area (Å²) in [5, 5.41) is 3.34. The number of piperazine rings is 1. The molecular weight excluding hydrogens is 296 g/mol. The van der Waals surface area contributed by atoms with Crippen LogP contribution in [0.2, 0.25) is 0 Å². The zero-order valence-corrected chi connectivity index (χ0v) is 14.8. The summed E-state index contributed by atoms with van der Waals surface area (Å²) in [7, 11) is 2.10. The van der Waals surface area contributed by atoms with Crippen LogP contribution in [0, 0.1) is 0 Å². The van der Waals surface area contributed by atoms with Gasteiger partial charge in [-0.15, -0.1) is 0 Å². The summed E-state index contributed by atoms with van der Waals surface area (Å²) in [4.78, 5) is 30.0. The number of likely N-dealkylation sites (tertiary alicyclic amines) is 1. The lowest BCUT2D eigenvalue weighted by atomic mass is 10.2. The maximum Gasteiger partial charge on any atom is 0.410 e. The monoisotopic (exact) mass is 326 g/mol. The second-order valence-corrected chi connectivity index (χ2v) is 7.48. The average molecular weight is 326 g/mol. The van der Waals surface area contributed by atoms with E-state index in [-0.39, 0.29) is 12.0 Å². The molecule has 1 unspecified atom stereocenters. The number of likely N-dealkylation sites (N-methyl/N-ethyl adjacent to an activating group) is 1. The fourth-order valence-corrected chi connectivity index (χ4v) is 2.91. The molecule has 2 heterocycles. The van der Waals surface area contributed by atoms with Crippen LogP contribution in [-0.4, -0.2) is 91.2 Å². The van der Waals surface area contributed by atoms with E-state index >= 15 is 0 Å². The number of nitrogens with one attached hydrogen (secondary N) is 1. The molecule has 0 radical (unpaired) electrons. The minimum absolute atomic E-state index is 0.114. The molecule has 2 saturated heterocycles. The van der Waals surface area contributed by atoms with Gasteiger partial charge in [-0.2, -0.15) is 0 Å². The van der Waals surface area contributed by atoms with Gasteiger partial charge in [0.1, 0.15) is 5.60 Å². The van der Waals surface area contributed by atoms with Crippen molar-refractivity contribution in [1.29, 1.82) is 0 Å². The lowest BCUT2D eigenvalue weighted by molar-refractivity contribution is -0.132. The summed E-state index contributed by atoms with van der Waals surface area (Å²) in [5.74, 6) is 0.114. The second-order valence-electron chi connectivity index (χ2n) is 7.48. The molecule has 0 aromatic heterocycles. The van der Waals surface area contributed by atoms with Crippen molar-refractivity contribution in [1.82, 2.24) is 20.0 Å². The van der Waals surface area contributed by atoms with Gasteiger partial charge in [-0.25, -0.2) is 4.79 Å². The number of amides is 2. The van der Waals surface area contributed by atoms with Crippen molar-refractivity contribution in [2.45, 2.75) is 38.8 Å². The van der Waals surface area contributed by atoms with E-state index in [4.69, 9.17) is 4.74 Å². The van der Waals surface area contributed by atoms with Crippen LogP contribution in [0.3, 0.4) is 0 Å². The standard InChI is InChI=1S/C16H30N4O3/c1-16(2,3)23-15(22)20-9-7-19(8-10-20)14(21)11-17-13-5-6-18(4)12-13/h13,17H,5-12H2,1-4H3. The molecule has 2 fully saturated rings. The van der Waals surface area contributed by atoms with Gasteiger partial charge in [0.05, 0.1) is 6.54 Å². The highest BCUT2D eigenvalue weighted by molar-refractivity contribution is 5.78. The molecule has 1 atom stereocenters. The van der Waals surface area contributed by atoms with Gasteiger partial charge in [0.2, 0.25) is 5.91 Å². The highest BCUT2D eigenvalue weighted by Gasteiger charge is 2.28. The molecular formula is C16H30N4O3. The van der Waals surface area contributed by atoms with Crippen LogP contribution >= 0.6 is 0 Å². The highest BCUT2D eigenvalue weighted by atomic mass is 16.6. The molecule has 0 saturated carbocycles. The van der Waals surface area contributed by atoms with Gasteiger partial charge in [-0.05, 0) is 40.8 Å². The van der Waals surface area contributed by atoms with Gasteiger partial charge in [-0.3, -0.25) is 4.79 Å². The Kier molecular flexibility index (Phi) is 5.86. The molecule has 2 aliphatic heterocycles. The van der Waals surface area contributed by atoms with Crippen molar-refractivity contribution < 1.29 is 14.3 Å². The van der Waals surface area contributed by atoms with Gasteiger partial charge < -0.3 is 24.8 Å². The molecule has 2 aliphatic rings. The van der Waals surface area contributed by atoms with Crippen LogP contribution in [0.15, 0.2) is 0 Å². The van der Waals surface area contributed by atoms with Crippen LogP contribution in [-0.2, 0) is 9.53 Å². The van der Waals surface area contributed by atoms with Gasteiger partial charge >= 0.3 is 6.09 Å². The lowest BCUT2D eigenvalue weighted by Crippen LogP contribution is -2.53. The van der Waals surface area contributed by atoms with Crippen LogP contribution < -0.4 is 5.32 Å². The predicted octanol–water partition coefficient (Wildman–Crippen LogP) is 0.359. The molecule has 2 rings (SSSR count). The Morgan fingerprint density at radius 1 is 1.09 bits per heavy atom. The fourth-order valence-electron chi connectivity index (χ4n) is 2.91. The third-order valence-electron chi connectivity index (χ3n) is 4.22. The molecule has 132 valence electrons. The molecule has 0 spiro atoms. The fraction of sp³-hybridized carbons (Fsp3) is 0.875. The SMILES string of the molecule is CN1CCC(NCC(=O)N2CCN(C(=O)OC(C)(C)C)CC2)C1. The van der Waals surface area contributed by atoms with Crippen LogP contribution in [0.25, 0.3) is 0 Å². The molecule has 2 amide bonds. The topological polar surface area (TPSA) is 65.1 Å². The van der Waals surface area contributed by atoms with E-state index in [0.29, 0.717) is 38.8 Å². The van der Waals surface area contributed by atoms with Crippen LogP contribution in [0.4, 0.5) is 4.79 Å². The van der Waals surface area contributed by atoms with Crippen molar-refractivity contribution in [3.63, 3.8) is 0 Å². The largest absolute Gasteiger partial charge is 0.444 e. The molecule has 7 heteroatoms. The minimum Gasteiger partial charge on any atom is -0.444 e. The van der Waals surface area contributed by atoms with Crippen molar-refractivity contribution >= 4 is 12.0 Å². The number of hydrogen-bond donors (Lipinski definition) is 1. The quantitative estimate of drug-likeness (QED) is 0.811. The van der Waals surface area contributed by atoms with Crippen LogP contribution in [0.1, 0.15) is 27.2 Å². The smallest absolute Gasteiger partial charge is 0.410 e. The number of carbonyl (C=O) groups is 2. The summed E-state index contributed by atoms with van der Waals surface area (Å²) in [5.41, 5.74) is -0.484. The average Bonchev–Trinajstić information content (AvgIpc) is 2.89. The summed E-state index contributed by atoms with van der Waals surface area (Å²) in [6.45, 7) is 10.3. The summed E-state index contributed by atoms with van der Waals surface area (Å²) >= 11 is 0. The van der Waals surface area contributed by atoms with Gasteiger partial charge in [0.15, 0.2) is 0 Å². The molecule has 0 aliphatic carbocycles. The van der Waals surface area contributed by atoms with E-state index in [1.54, 1.807) is 4.90 Å². The lowest BCUT2D eigenvalue weighted by Gasteiger charge is -2.35. The number of nitrogens with zero attached hydrogens (tertiary/aromatic N) is 3. The van der Waals surface area contributed by atoms with Crippen molar-refractivity contribution in [3.8, 4) is 0 Å². The highest BCUT2D eigenvalue weighted by Crippen LogP contribution is 2.12. The first kappa shape index (κ1) is 18.0. The van der Waals surface area contributed by atoms with Gasteiger partial charge in [0.25, 0.3) is 0 Å². The normalized spacial score (nSPS) is 23.2. The first-order valence-corrected chi connectivity index (χ1v) is 8.42. The second kappa shape index (κ2) is 7.49. The minimum atomic E-state index is -0.484. The first-order valence-electron chi connectivity index (χ1n) is 8.42. The Labute approximate surface area is 138 Å². The van der Waals surface area contributed by atoms with Crippen molar-refractivity contribution in [3.05, 3.63) is 0 Å². The molecule has 23 heavy (non-hydrogen) atoms. The van der Waals surface area contributed by atoms with Crippen molar-refractivity contribution in [2.24, 2.45) is 0 Å². The van der Waals surface area contributed by atoms with E-state index in [0.717, 1.165) is 19.5 Å². The van der Waals surface area contributed by atoms with Gasteiger partial charge in [0, 0.05) is 38.8 Å². The predicted molar refractivity (Wildman–Crippen MR) is 88.3 cm³/mol. The molecule has 0 aromatic rings. The maximum atomic E-state index is 12.3. The summed E-state index contributed by atoms with van der Waals surface area (Å²) in [6, 6.07) is 0.409. The Morgan fingerprint density at radius 3 is 2.22 bits per heavy atom. The molecule has 0 bridgehead atoms. The van der Waals surface area contributed by atoms with E-state index in [1.807, 2.05) is 25.7 Å². The Bertz CT molecular complexity index is 428. The summed E-state index contributed by atoms with van der Waals surface area (Å²) in [6.07, 6.45) is 0.799. The van der Waals surface area contributed by atoms with Crippen molar-refractivity contribution in [2.75, 3.05) is 52.9 Å². The Balaban J connectivity index is 1.69. The van der Waals surface area contributed by atoms with Crippen LogP contribution in [0.5, 0.6) is 0 Å². The summed E-state index contributed by atoms with van der Waals surface area (Å²) < 4.78 is 5.36. The third kappa shape index (κ3) is 5.66. The molecule has 7 nitrogen and oxygen atoms in total. The first-order chi connectivity index (χ1) is 10.7. The van der Waals surface area contributed by atoms with E-state index in [1.165, 1.54) is 0 Å². The number of carbonyl (C=O) groups excluding carboxylic acids is 2. The number of ether oxygens (including phenoxy) is 1. The zero-order chi connectivity index (χ0) is 17.0. The molecule has 0 aromatic carbocycles.